The van der Waals surface area contributed by atoms with Crippen molar-refractivity contribution in [3.05, 3.63) is 63.9 Å². The molecule has 0 spiro atoms. The van der Waals surface area contributed by atoms with Gasteiger partial charge in [-0.05, 0) is 55.1 Å². The number of unbranched alkanes of at least 4 members (excludes halogenated alkanes) is 1. The first kappa shape index (κ1) is 22.5. The quantitative estimate of drug-likeness (QED) is 0.338. The zero-order chi connectivity index (χ0) is 21.5. The van der Waals surface area contributed by atoms with Gasteiger partial charge in [0.15, 0.2) is 11.0 Å². The third kappa shape index (κ3) is 5.47. The molecule has 0 aliphatic carbocycles. The first-order valence-electron chi connectivity index (χ1n) is 9.48. The van der Waals surface area contributed by atoms with Gasteiger partial charge in [0.25, 0.3) is 5.91 Å². The van der Waals surface area contributed by atoms with Crippen LogP contribution in [-0.4, -0.2) is 33.5 Å². The monoisotopic (exact) mass is 464 g/mol. The lowest BCUT2D eigenvalue weighted by atomic mass is 10.2. The number of hydrogen-bond acceptors (Lipinski definition) is 5. The topological polar surface area (TPSA) is 69.0 Å². The molecule has 0 saturated carbocycles. The van der Waals surface area contributed by atoms with Crippen LogP contribution in [-0.2, 0) is 6.54 Å². The van der Waals surface area contributed by atoms with Gasteiger partial charge in [-0.25, -0.2) is 0 Å². The number of aromatic nitrogens is 3. The van der Waals surface area contributed by atoms with Crippen molar-refractivity contribution in [2.45, 2.75) is 31.5 Å². The number of halogens is 2. The highest BCUT2D eigenvalue weighted by Gasteiger charge is 2.16. The molecule has 1 N–H and O–H groups in total. The summed E-state index contributed by atoms with van der Waals surface area (Å²) in [6.45, 7) is 2.99. The molecule has 1 aromatic heterocycles. The number of carbonyl (C=O) groups excluding carboxylic acids is 1. The average Bonchev–Trinajstić information content (AvgIpc) is 3.17. The molecule has 0 saturated heterocycles. The van der Waals surface area contributed by atoms with Gasteiger partial charge in [0, 0.05) is 5.56 Å². The molecule has 30 heavy (non-hydrogen) atoms. The van der Waals surface area contributed by atoms with Crippen LogP contribution in [0.4, 0.5) is 0 Å². The maximum absolute atomic E-state index is 12.6. The molecule has 3 aromatic rings. The minimum Gasteiger partial charge on any atom is -0.494 e. The van der Waals surface area contributed by atoms with E-state index < -0.39 is 0 Å². The van der Waals surface area contributed by atoms with Crippen LogP contribution in [0.2, 0.25) is 10.0 Å². The lowest BCUT2D eigenvalue weighted by Gasteiger charge is -2.11. The first-order chi connectivity index (χ1) is 14.5. The van der Waals surface area contributed by atoms with Crippen molar-refractivity contribution in [1.29, 1.82) is 0 Å². The van der Waals surface area contributed by atoms with Crippen LogP contribution < -0.4 is 10.1 Å². The third-order valence-electron chi connectivity index (χ3n) is 4.33. The zero-order valence-electron chi connectivity index (χ0n) is 16.7. The van der Waals surface area contributed by atoms with Gasteiger partial charge < -0.3 is 10.1 Å². The normalized spacial score (nSPS) is 10.8. The fourth-order valence-corrected chi connectivity index (χ4v) is 3.54. The van der Waals surface area contributed by atoms with Gasteiger partial charge in [-0.15, -0.1) is 10.2 Å². The summed E-state index contributed by atoms with van der Waals surface area (Å²) in [4.78, 5) is 12.6. The number of carbonyl (C=O) groups is 1. The van der Waals surface area contributed by atoms with Crippen LogP contribution in [0.25, 0.3) is 5.69 Å². The molecule has 0 aliphatic heterocycles. The molecular weight excluding hydrogens is 443 g/mol. The molecule has 1 heterocycles. The number of ether oxygens (including phenoxy) is 1. The standard InChI is InChI=1S/C21H22Cl2N4O2S/c1-3-4-11-29-16-8-5-14(6-9-16)20(28)24-13-19-25-26-21(30-2)27(19)15-7-10-17(22)18(23)12-15/h5-10,12H,3-4,11,13H2,1-2H3,(H,24,28). The van der Waals surface area contributed by atoms with Gasteiger partial charge in [0.05, 0.1) is 28.9 Å². The predicted molar refractivity (Wildman–Crippen MR) is 121 cm³/mol. The number of thioether (sulfide) groups is 1. The van der Waals surface area contributed by atoms with Crippen molar-refractivity contribution in [2.24, 2.45) is 0 Å². The lowest BCUT2D eigenvalue weighted by molar-refractivity contribution is 0.0949. The van der Waals surface area contributed by atoms with Crippen molar-refractivity contribution < 1.29 is 9.53 Å². The average molecular weight is 465 g/mol. The summed E-state index contributed by atoms with van der Waals surface area (Å²) in [7, 11) is 0. The van der Waals surface area contributed by atoms with E-state index in [2.05, 4.69) is 22.4 Å². The van der Waals surface area contributed by atoms with Crippen LogP contribution >= 0.6 is 35.0 Å². The Morgan fingerprint density at radius 2 is 1.90 bits per heavy atom. The van der Waals surface area contributed by atoms with E-state index in [0.717, 1.165) is 24.3 Å². The Balaban J connectivity index is 1.70. The number of amides is 1. The van der Waals surface area contributed by atoms with E-state index in [4.69, 9.17) is 27.9 Å². The molecule has 9 heteroatoms. The summed E-state index contributed by atoms with van der Waals surface area (Å²) in [5.41, 5.74) is 1.32. The smallest absolute Gasteiger partial charge is 0.251 e. The Morgan fingerprint density at radius 1 is 1.13 bits per heavy atom. The maximum atomic E-state index is 12.6. The van der Waals surface area contributed by atoms with Gasteiger partial charge in [-0.2, -0.15) is 0 Å². The molecule has 0 bridgehead atoms. The summed E-state index contributed by atoms with van der Waals surface area (Å²) >= 11 is 13.6. The van der Waals surface area contributed by atoms with E-state index in [-0.39, 0.29) is 12.5 Å². The summed E-state index contributed by atoms with van der Waals surface area (Å²) in [6, 6.07) is 12.4. The molecular formula is C21H22Cl2N4O2S. The Labute approximate surface area is 189 Å². The molecule has 0 fully saturated rings. The third-order valence-corrected chi connectivity index (χ3v) is 5.70. The van der Waals surface area contributed by atoms with E-state index in [1.165, 1.54) is 11.8 Å². The number of hydrogen-bond donors (Lipinski definition) is 1. The van der Waals surface area contributed by atoms with Crippen molar-refractivity contribution in [2.75, 3.05) is 12.9 Å². The summed E-state index contributed by atoms with van der Waals surface area (Å²) < 4.78 is 7.48. The Bertz CT molecular complexity index is 1010. The van der Waals surface area contributed by atoms with Gasteiger partial charge in [0.1, 0.15) is 5.75 Å². The second-order valence-corrected chi connectivity index (χ2v) is 8.03. The lowest BCUT2D eigenvalue weighted by Crippen LogP contribution is -2.24. The van der Waals surface area contributed by atoms with Crippen LogP contribution in [0.1, 0.15) is 35.9 Å². The minimum absolute atomic E-state index is 0.204. The number of nitrogens with one attached hydrogen (secondary N) is 1. The van der Waals surface area contributed by atoms with Crippen molar-refractivity contribution in [3.63, 3.8) is 0 Å². The Morgan fingerprint density at radius 3 is 2.57 bits per heavy atom. The van der Waals surface area contributed by atoms with Crippen molar-refractivity contribution in [3.8, 4) is 11.4 Å². The van der Waals surface area contributed by atoms with Gasteiger partial charge in [-0.1, -0.05) is 48.3 Å². The molecule has 3 rings (SSSR count). The fraction of sp³-hybridized carbons (Fsp3) is 0.286. The van der Waals surface area contributed by atoms with Gasteiger partial charge in [-0.3, -0.25) is 9.36 Å². The SMILES string of the molecule is CCCCOc1ccc(C(=O)NCc2nnc(SC)n2-c2ccc(Cl)c(Cl)c2)cc1. The summed E-state index contributed by atoms with van der Waals surface area (Å²) in [5.74, 6) is 1.14. The van der Waals surface area contributed by atoms with Crippen molar-refractivity contribution >= 4 is 40.9 Å². The Kier molecular flexibility index (Phi) is 8.01. The first-order valence-corrected chi connectivity index (χ1v) is 11.5. The fourth-order valence-electron chi connectivity index (χ4n) is 2.73. The molecule has 0 unspecified atom stereocenters. The van der Waals surface area contributed by atoms with E-state index >= 15 is 0 Å². The molecule has 1 amide bonds. The van der Waals surface area contributed by atoms with Gasteiger partial charge in [0.2, 0.25) is 0 Å². The van der Waals surface area contributed by atoms with Crippen LogP contribution in [0.15, 0.2) is 47.6 Å². The van der Waals surface area contributed by atoms with E-state index in [1.807, 2.05) is 16.9 Å². The second-order valence-electron chi connectivity index (χ2n) is 6.45. The molecule has 0 atom stereocenters. The highest BCUT2D eigenvalue weighted by atomic mass is 35.5. The van der Waals surface area contributed by atoms with Crippen LogP contribution in [0, 0.1) is 0 Å². The molecule has 2 aromatic carbocycles. The molecule has 0 aliphatic rings. The maximum Gasteiger partial charge on any atom is 0.251 e. The van der Waals surface area contributed by atoms with Crippen molar-refractivity contribution in [1.82, 2.24) is 20.1 Å². The van der Waals surface area contributed by atoms with E-state index in [1.54, 1.807) is 36.4 Å². The minimum atomic E-state index is -0.204. The number of benzene rings is 2. The molecule has 6 nitrogen and oxygen atoms in total. The molecule has 158 valence electrons. The largest absolute Gasteiger partial charge is 0.494 e. The highest BCUT2D eigenvalue weighted by Crippen LogP contribution is 2.27. The number of rotatable bonds is 9. The van der Waals surface area contributed by atoms with E-state index in [9.17, 15) is 4.79 Å². The number of nitrogens with zero attached hydrogens (tertiary/aromatic N) is 3. The highest BCUT2D eigenvalue weighted by molar-refractivity contribution is 7.98. The van der Waals surface area contributed by atoms with Crippen LogP contribution in [0.5, 0.6) is 5.75 Å². The zero-order valence-corrected chi connectivity index (χ0v) is 19.0. The molecule has 0 radical (unpaired) electrons. The van der Waals surface area contributed by atoms with E-state index in [0.29, 0.717) is 33.2 Å². The summed E-state index contributed by atoms with van der Waals surface area (Å²) in [6.07, 6.45) is 3.98. The van der Waals surface area contributed by atoms with Gasteiger partial charge >= 0.3 is 0 Å². The Hall–Kier alpha value is -2.22. The predicted octanol–water partition coefficient (Wildman–Crippen LogP) is 5.40. The van der Waals surface area contributed by atoms with Crippen LogP contribution in [0.3, 0.4) is 0 Å². The summed E-state index contributed by atoms with van der Waals surface area (Å²) in [5, 5.41) is 12.9. The second kappa shape index (κ2) is 10.7.